The van der Waals surface area contributed by atoms with Crippen molar-refractivity contribution >= 4 is 38.5 Å². The fraction of sp³-hybridized carbons (Fsp3) is 0.100. The van der Waals surface area contributed by atoms with Crippen molar-refractivity contribution in [2.24, 2.45) is 0 Å². The van der Waals surface area contributed by atoms with Crippen molar-refractivity contribution in [3.8, 4) is 11.3 Å². The molecule has 0 saturated heterocycles. The second-order valence-electron chi connectivity index (χ2n) is 2.89. The van der Waals surface area contributed by atoms with Crippen LogP contribution in [0.25, 0.3) is 11.3 Å². The van der Waals surface area contributed by atoms with E-state index in [2.05, 4.69) is 43.5 Å². The molecule has 0 radical (unpaired) electrons. The monoisotopic (exact) mass is 381 g/mol. The van der Waals surface area contributed by atoms with E-state index in [9.17, 15) is 4.39 Å². The second kappa shape index (κ2) is 4.61. The van der Waals surface area contributed by atoms with Crippen molar-refractivity contribution in [1.29, 1.82) is 0 Å². The number of hydrogen-bond donors (Lipinski definition) is 0. The van der Waals surface area contributed by atoms with Crippen LogP contribution in [-0.2, 0) is 5.33 Å². The van der Waals surface area contributed by atoms with Gasteiger partial charge in [-0.3, -0.25) is 0 Å². The SMILES string of the molecule is Fc1ccc(-c2ocnc2CBr)c(I)c1. The smallest absolute Gasteiger partial charge is 0.181 e. The Morgan fingerprint density at radius 2 is 2.27 bits per heavy atom. The van der Waals surface area contributed by atoms with Crippen LogP contribution in [-0.4, -0.2) is 4.98 Å². The van der Waals surface area contributed by atoms with Gasteiger partial charge in [0.2, 0.25) is 0 Å². The second-order valence-corrected chi connectivity index (χ2v) is 4.61. The van der Waals surface area contributed by atoms with Crippen LogP contribution in [0.3, 0.4) is 0 Å². The number of rotatable bonds is 2. The minimum atomic E-state index is -0.247. The molecule has 0 saturated carbocycles. The van der Waals surface area contributed by atoms with Crippen molar-refractivity contribution in [1.82, 2.24) is 4.98 Å². The zero-order valence-electron chi connectivity index (χ0n) is 7.51. The summed E-state index contributed by atoms with van der Waals surface area (Å²) in [5, 5.41) is 0.617. The molecule has 0 atom stereocenters. The van der Waals surface area contributed by atoms with Gasteiger partial charge in [-0.1, -0.05) is 15.9 Å². The van der Waals surface area contributed by atoms with Gasteiger partial charge in [-0.25, -0.2) is 9.37 Å². The predicted octanol–water partition coefficient (Wildman–Crippen LogP) is 3.98. The van der Waals surface area contributed by atoms with Gasteiger partial charge in [0.1, 0.15) is 5.82 Å². The van der Waals surface area contributed by atoms with Crippen molar-refractivity contribution < 1.29 is 8.81 Å². The van der Waals surface area contributed by atoms with Gasteiger partial charge in [-0.05, 0) is 40.8 Å². The van der Waals surface area contributed by atoms with Gasteiger partial charge >= 0.3 is 0 Å². The Morgan fingerprint density at radius 3 is 2.93 bits per heavy atom. The molecular weight excluding hydrogens is 376 g/mol. The fourth-order valence-corrected chi connectivity index (χ4v) is 2.38. The van der Waals surface area contributed by atoms with Gasteiger partial charge < -0.3 is 4.42 Å². The normalized spacial score (nSPS) is 10.6. The third-order valence-corrected chi connectivity index (χ3v) is 3.37. The first-order valence-electron chi connectivity index (χ1n) is 4.16. The Bertz CT molecular complexity index is 486. The minimum Gasteiger partial charge on any atom is -0.443 e. The van der Waals surface area contributed by atoms with Crippen LogP contribution in [0.15, 0.2) is 29.0 Å². The van der Waals surface area contributed by atoms with Crippen LogP contribution in [0, 0.1) is 9.39 Å². The van der Waals surface area contributed by atoms with E-state index >= 15 is 0 Å². The number of benzene rings is 1. The summed E-state index contributed by atoms with van der Waals surface area (Å²) in [4.78, 5) is 4.06. The number of oxazole rings is 1. The summed E-state index contributed by atoms with van der Waals surface area (Å²) in [5.41, 5.74) is 1.68. The van der Waals surface area contributed by atoms with Gasteiger partial charge in [-0.15, -0.1) is 0 Å². The van der Waals surface area contributed by atoms with Crippen LogP contribution in [0.4, 0.5) is 4.39 Å². The molecule has 2 nitrogen and oxygen atoms in total. The van der Waals surface area contributed by atoms with Crippen molar-refractivity contribution in [2.75, 3.05) is 0 Å². The summed E-state index contributed by atoms with van der Waals surface area (Å²) in [7, 11) is 0. The summed E-state index contributed by atoms with van der Waals surface area (Å²) < 4.78 is 19.0. The third-order valence-electron chi connectivity index (χ3n) is 1.94. The predicted molar refractivity (Wildman–Crippen MR) is 67.2 cm³/mol. The lowest BCUT2D eigenvalue weighted by Gasteiger charge is -2.02. The van der Waals surface area contributed by atoms with Crippen LogP contribution < -0.4 is 0 Å². The van der Waals surface area contributed by atoms with Gasteiger partial charge in [0.05, 0.1) is 5.69 Å². The van der Waals surface area contributed by atoms with Crippen molar-refractivity contribution in [3.63, 3.8) is 0 Å². The average molecular weight is 382 g/mol. The van der Waals surface area contributed by atoms with Crippen molar-refractivity contribution in [2.45, 2.75) is 5.33 Å². The van der Waals surface area contributed by atoms with E-state index in [1.807, 2.05) is 0 Å². The molecule has 0 aliphatic carbocycles. The van der Waals surface area contributed by atoms with E-state index < -0.39 is 0 Å². The largest absolute Gasteiger partial charge is 0.443 e. The zero-order valence-corrected chi connectivity index (χ0v) is 11.2. The molecule has 78 valence electrons. The first-order valence-corrected chi connectivity index (χ1v) is 6.36. The van der Waals surface area contributed by atoms with E-state index in [1.165, 1.54) is 18.5 Å². The topological polar surface area (TPSA) is 26.0 Å². The Hall–Kier alpha value is -0.430. The van der Waals surface area contributed by atoms with E-state index in [0.717, 1.165) is 14.8 Å². The van der Waals surface area contributed by atoms with Crippen LogP contribution in [0.2, 0.25) is 0 Å². The number of nitrogens with zero attached hydrogens (tertiary/aromatic N) is 1. The summed E-state index contributed by atoms with van der Waals surface area (Å²) >= 11 is 5.40. The Morgan fingerprint density at radius 1 is 1.47 bits per heavy atom. The molecule has 0 amide bonds. The number of halogens is 3. The molecular formula is C10H6BrFINO. The van der Waals surface area contributed by atoms with E-state index in [-0.39, 0.29) is 5.82 Å². The number of aromatic nitrogens is 1. The molecule has 1 heterocycles. The Labute approximate surface area is 108 Å². The molecule has 0 fully saturated rings. The van der Waals surface area contributed by atoms with Gasteiger partial charge in [-0.2, -0.15) is 0 Å². The quantitative estimate of drug-likeness (QED) is 0.581. The highest BCUT2D eigenvalue weighted by Crippen LogP contribution is 2.29. The van der Waals surface area contributed by atoms with E-state index in [1.54, 1.807) is 6.07 Å². The van der Waals surface area contributed by atoms with Crippen LogP contribution in [0.1, 0.15) is 5.69 Å². The molecule has 1 aromatic heterocycles. The van der Waals surface area contributed by atoms with Gasteiger partial charge in [0.15, 0.2) is 12.2 Å². The third kappa shape index (κ3) is 2.23. The van der Waals surface area contributed by atoms with E-state index in [0.29, 0.717) is 11.1 Å². The molecule has 0 N–H and O–H groups in total. The maximum atomic E-state index is 12.9. The minimum absolute atomic E-state index is 0.247. The fourth-order valence-electron chi connectivity index (χ4n) is 1.26. The summed E-state index contributed by atoms with van der Waals surface area (Å²) in [5.74, 6) is 0.444. The highest BCUT2D eigenvalue weighted by molar-refractivity contribution is 14.1. The van der Waals surface area contributed by atoms with Gasteiger partial charge in [0, 0.05) is 14.5 Å². The van der Waals surface area contributed by atoms with E-state index in [4.69, 9.17) is 4.42 Å². The molecule has 2 aromatic rings. The van der Waals surface area contributed by atoms with Crippen molar-refractivity contribution in [3.05, 3.63) is 39.7 Å². The summed E-state index contributed by atoms with van der Waals surface area (Å²) in [6, 6.07) is 4.58. The zero-order chi connectivity index (χ0) is 10.8. The lowest BCUT2D eigenvalue weighted by molar-refractivity contribution is 0.570. The molecule has 0 unspecified atom stereocenters. The molecule has 0 aliphatic heterocycles. The maximum absolute atomic E-state index is 12.9. The Kier molecular flexibility index (Phi) is 3.40. The summed E-state index contributed by atoms with van der Waals surface area (Å²) in [6.07, 6.45) is 1.39. The average Bonchev–Trinajstić information content (AvgIpc) is 2.65. The highest BCUT2D eigenvalue weighted by Gasteiger charge is 2.12. The lowest BCUT2D eigenvalue weighted by Crippen LogP contribution is -1.87. The van der Waals surface area contributed by atoms with Crippen LogP contribution >= 0.6 is 38.5 Å². The first kappa shape index (κ1) is 11.1. The first-order chi connectivity index (χ1) is 7.22. The summed E-state index contributed by atoms with van der Waals surface area (Å²) in [6.45, 7) is 0. The molecule has 5 heteroatoms. The standard InChI is InChI=1S/C10H6BrFINO/c11-4-9-10(15-5-14-9)7-2-1-6(12)3-8(7)13/h1-3,5H,4H2. The highest BCUT2D eigenvalue weighted by atomic mass is 127. The molecule has 0 aliphatic rings. The van der Waals surface area contributed by atoms with Gasteiger partial charge in [0.25, 0.3) is 0 Å². The maximum Gasteiger partial charge on any atom is 0.181 e. The molecule has 0 bridgehead atoms. The Balaban J connectivity index is 2.54. The molecule has 15 heavy (non-hydrogen) atoms. The number of alkyl halides is 1. The lowest BCUT2D eigenvalue weighted by atomic mass is 10.1. The molecule has 0 spiro atoms. The van der Waals surface area contributed by atoms with Crippen LogP contribution in [0.5, 0.6) is 0 Å². The molecule has 2 rings (SSSR count). The molecule has 1 aromatic carbocycles. The number of hydrogen-bond acceptors (Lipinski definition) is 2.